The fourth-order valence-electron chi connectivity index (χ4n) is 3.14. The number of carbonyl (C=O) groups is 1. The Morgan fingerprint density at radius 1 is 1.04 bits per heavy atom. The van der Waals surface area contributed by atoms with Crippen LogP contribution in [0.3, 0.4) is 0 Å². The molecule has 0 radical (unpaired) electrons. The number of methoxy groups -OCH3 is 1. The summed E-state index contributed by atoms with van der Waals surface area (Å²) < 4.78 is 33.1. The second kappa shape index (κ2) is 6.89. The van der Waals surface area contributed by atoms with Crippen LogP contribution in [0, 0.1) is 0 Å². The van der Waals surface area contributed by atoms with Crippen molar-refractivity contribution in [3.8, 4) is 5.75 Å². The zero-order chi connectivity index (χ0) is 18.0. The van der Waals surface area contributed by atoms with Crippen molar-refractivity contribution in [3.05, 3.63) is 36.4 Å². The van der Waals surface area contributed by atoms with Gasteiger partial charge in [-0.15, -0.1) is 0 Å². The van der Waals surface area contributed by atoms with Crippen LogP contribution in [-0.2, 0) is 10.0 Å². The number of primary amides is 1. The fourth-order valence-corrected chi connectivity index (χ4v) is 4.81. The third kappa shape index (κ3) is 3.27. The summed E-state index contributed by atoms with van der Waals surface area (Å²) in [5.41, 5.74) is 5.31. The van der Waals surface area contributed by atoms with Crippen LogP contribution in [0.4, 0.5) is 4.79 Å². The molecule has 1 fully saturated rings. The number of amides is 2. The van der Waals surface area contributed by atoms with E-state index < -0.39 is 16.1 Å². The van der Waals surface area contributed by atoms with Crippen molar-refractivity contribution >= 4 is 26.8 Å². The molecule has 25 heavy (non-hydrogen) atoms. The van der Waals surface area contributed by atoms with E-state index in [1.54, 1.807) is 31.4 Å². The minimum Gasteiger partial charge on any atom is -0.496 e. The standard InChI is InChI=1S/C17H21N3O4S/c1-24-15-7-8-16(14-6-3-2-5-13(14)15)25(22,23)20-10-4-9-19(11-12-20)17(18)21/h2-3,5-8H,4,9-12H2,1H3,(H2,18,21). The summed E-state index contributed by atoms with van der Waals surface area (Å²) in [5, 5.41) is 1.37. The number of nitrogens with zero attached hydrogens (tertiary/aromatic N) is 2. The number of hydrogen-bond donors (Lipinski definition) is 1. The second-order valence-corrected chi connectivity index (χ2v) is 7.80. The highest BCUT2D eigenvalue weighted by Gasteiger charge is 2.29. The first-order valence-electron chi connectivity index (χ1n) is 8.05. The van der Waals surface area contributed by atoms with Gasteiger partial charge in [0.25, 0.3) is 0 Å². The Hall–Kier alpha value is -2.32. The van der Waals surface area contributed by atoms with Crippen LogP contribution in [-0.4, -0.2) is 56.9 Å². The first kappa shape index (κ1) is 17.5. The molecule has 0 aliphatic carbocycles. The van der Waals surface area contributed by atoms with Crippen molar-refractivity contribution in [2.75, 3.05) is 33.3 Å². The lowest BCUT2D eigenvalue weighted by Crippen LogP contribution is -2.39. The molecule has 1 saturated heterocycles. The third-order valence-electron chi connectivity index (χ3n) is 4.45. The largest absolute Gasteiger partial charge is 0.496 e. The molecule has 2 aromatic carbocycles. The number of benzene rings is 2. The van der Waals surface area contributed by atoms with Crippen molar-refractivity contribution in [1.82, 2.24) is 9.21 Å². The molecule has 2 N–H and O–H groups in total. The van der Waals surface area contributed by atoms with Crippen LogP contribution < -0.4 is 10.5 Å². The molecule has 0 aromatic heterocycles. The van der Waals surface area contributed by atoms with Crippen LogP contribution in [0.15, 0.2) is 41.3 Å². The van der Waals surface area contributed by atoms with Gasteiger partial charge in [0.1, 0.15) is 5.75 Å². The van der Waals surface area contributed by atoms with E-state index in [1.165, 1.54) is 9.21 Å². The number of rotatable bonds is 3. The summed E-state index contributed by atoms with van der Waals surface area (Å²) in [6.45, 7) is 1.34. The van der Waals surface area contributed by atoms with Gasteiger partial charge in [0.15, 0.2) is 0 Å². The van der Waals surface area contributed by atoms with E-state index in [0.29, 0.717) is 37.2 Å². The number of fused-ring (bicyclic) bond motifs is 1. The molecular weight excluding hydrogens is 342 g/mol. The Kier molecular flexibility index (Phi) is 4.82. The smallest absolute Gasteiger partial charge is 0.314 e. The molecule has 1 aliphatic heterocycles. The number of sulfonamides is 1. The van der Waals surface area contributed by atoms with Crippen LogP contribution in [0.25, 0.3) is 10.8 Å². The number of ether oxygens (including phenoxy) is 1. The van der Waals surface area contributed by atoms with E-state index in [4.69, 9.17) is 10.5 Å². The fraction of sp³-hybridized carbons (Fsp3) is 0.353. The topological polar surface area (TPSA) is 92.9 Å². The molecule has 7 nitrogen and oxygen atoms in total. The van der Waals surface area contributed by atoms with Crippen molar-refractivity contribution < 1.29 is 17.9 Å². The molecule has 0 unspecified atom stereocenters. The number of carbonyl (C=O) groups excluding carboxylic acids is 1. The van der Waals surface area contributed by atoms with Crippen LogP contribution in [0.5, 0.6) is 5.75 Å². The van der Waals surface area contributed by atoms with E-state index in [0.717, 1.165) is 5.39 Å². The van der Waals surface area contributed by atoms with Gasteiger partial charge in [-0.05, 0) is 18.6 Å². The van der Waals surface area contributed by atoms with Gasteiger partial charge in [-0.1, -0.05) is 24.3 Å². The molecule has 3 rings (SSSR count). The normalized spacial score (nSPS) is 16.6. The van der Waals surface area contributed by atoms with Crippen molar-refractivity contribution in [2.45, 2.75) is 11.3 Å². The average Bonchev–Trinajstić information content (AvgIpc) is 2.87. The van der Waals surface area contributed by atoms with Gasteiger partial charge in [-0.25, -0.2) is 13.2 Å². The zero-order valence-electron chi connectivity index (χ0n) is 14.0. The monoisotopic (exact) mass is 363 g/mol. The lowest BCUT2D eigenvalue weighted by atomic mass is 10.1. The van der Waals surface area contributed by atoms with Gasteiger partial charge in [-0.2, -0.15) is 4.31 Å². The highest BCUT2D eigenvalue weighted by Crippen LogP contribution is 2.32. The summed E-state index contributed by atoms with van der Waals surface area (Å²) in [7, 11) is -2.13. The minimum absolute atomic E-state index is 0.228. The van der Waals surface area contributed by atoms with Crippen LogP contribution in [0.1, 0.15) is 6.42 Å². The maximum atomic E-state index is 13.2. The van der Waals surface area contributed by atoms with E-state index in [2.05, 4.69) is 0 Å². The van der Waals surface area contributed by atoms with Gasteiger partial charge >= 0.3 is 6.03 Å². The van der Waals surface area contributed by atoms with E-state index in [-0.39, 0.29) is 11.4 Å². The van der Waals surface area contributed by atoms with Gasteiger partial charge in [0, 0.05) is 37.0 Å². The van der Waals surface area contributed by atoms with Crippen molar-refractivity contribution in [3.63, 3.8) is 0 Å². The Balaban J connectivity index is 2.01. The van der Waals surface area contributed by atoms with E-state index in [1.807, 2.05) is 12.1 Å². The highest BCUT2D eigenvalue weighted by atomic mass is 32.2. The Bertz CT molecular complexity index is 898. The maximum absolute atomic E-state index is 13.2. The van der Waals surface area contributed by atoms with Crippen molar-refractivity contribution in [2.24, 2.45) is 5.73 Å². The number of urea groups is 1. The number of hydrogen-bond acceptors (Lipinski definition) is 4. The first-order chi connectivity index (χ1) is 11.9. The predicted octanol–water partition coefficient (Wildman–Crippen LogP) is 1.62. The summed E-state index contributed by atoms with van der Waals surface area (Å²) in [6.07, 6.45) is 0.552. The van der Waals surface area contributed by atoms with Crippen molar-refractivity contribution in [1.29, 1.82) is 0 Å². The third-order valence-corrected chi connectivity index (χ3v) is 6.41. The Morgan fingerprint density at radius 2 is 1.76 bits per heavy atom. The predicted molar refractivity (Wildman–Crippen MR) is 95.0 cm³/mol. The first-order valence-corrected chi connectivity index (χ1v) is 9.49. The van der Waals surface area contributed by atoms with E-state index in [9.17, 15) is 13.2 Å². The van der Waals surface area contributed by atoms with Gasteiger partial charge in [-0.3, -0.25) is 0 Å². The van der Waals surface area contributed by atoms with Gasteiger partial charge in [0.2, 0.25) is 10.0 Å². The molecule has 0 bridgehead atoms. The average molecular weight is 363 g/mol. The Labute approximate surface area is 147 Å². The second-order valence-electron chi connectivity index (χ2n) is 5.89. The lowest BCUT2D eigenvalue weighted by Gasteiger charge is -2.22. The minimum atomic E-state index is -3.69. The molecule has 134 valence electrons. The van der Waals surface area contributed by atoms with E-state index >= 15 is 0 Å². The highest BCUT2D eigenvalue weighted by molar-refractivity contribution is 7.89. The van der Waals surface area contributed by atoms with Gasteiger partial charge in [0.05, 0.1) is 12.0 Å². The van der Waals surface area contributed by atoms with Crippen LogP contribution >= 0.6 is 0 Å². The molecule has 0 spiro atoms. The molecule has 2 amide bonds. The molecule has 8 heteroatoms. The number of nitrogens with two attached hydrogens (primary N) is 1. The quantitative estimate of drug-likeness (QED) is 0.897. The lowest BCUT2D eigenvalue weighted by molar-refractivity contribution is 0.210. The summed E-state index contributed by atoms with van der Waals surface area (Å²) in [6, 6.07) is 9.99. The summed E-state index contributed by atoms with van der Waals surface area (Å²) in [4.78, 5) is 13.1. The summed E-state index contributed by atoms with van der Waals surface area (Å²) in [5.74, 6) is 0.630. The molecule has 1 heterocycles. The summed E-state index contributed by atoms with van der Waals surface area (Å²) >= 11 is 0. The molecule has 0 atom stereocenters. The molecular formula is C17H21N3O4S. The SMILES string of the molecule is COc1ccc(S(=O)(=O)N2CCCN(C(N)=O)CC2)c2ccccc12. The zero-order valence-corrected chi connectivity index (χ0v) is 14.8. The van der Waals surface area contributed by atoms with Gasteiger partial charge < -0.3 is 15.4 Å². The Morgan fingerprint density at radius 3 is 2.44 bits per heavy atom. The maximum Gasteiger partial charge on any atom is 0.314 e. The van der Waals surface area contributed by atoms with Crippen LogP contribution in [0.2, 0.25) is 0 Å². The molecule has 1 aliphatic rings. The molecule has 2 aromatic rings. The molecule has 0 saturated carbocycles.